The van der Waals surface area contributed by atoms with Crippen LogP contribution < -0.4 is 0 Å². The number of unbranched alkanes of at least 4 members (excludes halogenated alkanes) is 8. The normalized spacial score (nSPS) is 11.0. The van der Waals surface area contributed by atoms with Crippen molar-refractivity contribution in [2.45, 2.75) is 101 Å². The minimum atomic E-state index is -0.362. The number of hydrogen-bond acceptors (Lipinski definition) is 6. The van der Waals surface area contributed by atoms with E-state index < -0.39 is 0 Å². The predicted molar refractivity (Wildman–Crippen MR) is 143 cm³/mol. The third kappa shape index (κ3) is 9.66. The standard InChI is InChI=1S/C26H36N2O4S2/c1-3-5-7-9-11-13-21-15-17-25(23(19-21)27(29)30)33-34-26-18-16-22(20-24(26)28(31)32)14-12-10-8-6-4-2/h15-20H,3-14H2,1-2H3. The molecular weight excluding hydrogens is 468 g/mol. The summed E-state index contributed by atoms with van der Waals surface area (Å²) < 4.78 is 0. The Labute approximate surface area is 211 Å². The highest BCUT2D eigenvalue weighted by molar-refractivity contribution is 8.76. The summed E-state index contributed by atoms with van der Waals surface area (Å²) in [5, 5.41) is 23.3. The first-order valence-electron chi connectivity index (χ1n) is 12.3. The minimum absolute atomic E-state index is 0.0647. The van der Waals surface area contributed by atoms with Gasteiger partial charge in [-0.05, 0) is 70.5 Å². The molecule has 0 unspecified atom stereocenters. The average molecular weight is 505 g/mol. The summed E-state index contributed by atoms with van der Waals surface area (Å²) in [5.74, 6) is 0. The van der Waals surface area contributed by atoms with Crippen molar-refractivity contribution in [1.29, 1.82) is 0 Å². The molecule has 0 heterocycles. The topological polar surface area (TPSA) is 86.3 Å². The van der Waals surface area contributed by atoms with E-state index in [1.54, 1.807) is 24.3 Å². The van der Waals surface area contributed by atoms with Crippen molar-refractivity contribution in [1.82, 2.24) is 0 Å². The van der Waals surface area contributed by atoms with Crippen LogP contribution in [0, 0.1) is 20.2 Å². The Morgan fingerprint density at radius 2 is 1.00 bits per heavy atom. The van der Waals surface area contributed by atoms with Crippen molar-refractivity contribution in [3.05, 3.63) is 67.8 Å². The zero-order chi connectivity index (χ0) is 24.8. The molecule has 0 N–H and O–H groups in total. The zero-order valence-electron chi connectivity index (χ0n) is 20.3. The summed E-state index contributed by atoms with van der Waals surface area (Å²) in [7, 11) is 2.41. The molecule has 0 spiro atoms. The molecule has 0 aromatic heterocycles. The maximum Gasteiger partial charge on any atom is 0.284 e. The smallest absolute Gasteiger partial charge is 0.258 e. The molecule has 0 aliphatic rings. The van der Waals surface area contributed by atoms with E-state index in [-0.39, 0.29) is 21.2 Å². The van der Waals surface area contributed by atoms with Gasteiger partial charge in [-0.3, -0.25) is 20.2 Å². The van der Waals surface area contributed by atoms with Gasteiger partial charge in [-0.1, -0.05) is 77.3 Å². The van der Waals surface area contributed by atoms with Crippen molar-refractivity contribution in [2.24, 2.45) is 0 Å². The maximum atomic E-state index is 11.7. The average Bonchev–Trinajstić information content (AvgIpc) is 2.83. The lowest BCUT2D eigenvalue weighted by Crippen LogP contribution is -1.95. The van der Waals surface area contributed by atoms with Gasteiger partial charge < -0.3 is 0 Å². The van der Waals surface area contributed by atoms with E-state index in [9.17, 15) is 20.2 Å². The molecular formula is C26H36N2O4S2. The third-order valence-corrected chi connectivity index (χ3v) is 8.26. The van der Waals surface area contributed by atoms with Gasteiger partial charge in [-0.15, -0.1) is 0 Å². The van der Waals surface area contributed by atoms with Crippen LogP contribution >= 0.6 is 21.6 Å². The van der Waals surface area contributed by atoms with Crippen molar-refractivity contribution in [3.8, 4) is 0 Å². The Bertz CT molecular complexity index is 862. The van der Waals surface area contributed by atoms with Crippen molar-refractivity contribution >= 4 is 33.0 Å². The number of nitro groups is 2. The fourth-order valence-corrected chi connectivity index (χ4v) is 6.07. The molecule has 0 aliphatic carbocycles. The SMILES string of the molecule is CCCCCCCc1ccc(SSc2ccc(CCCCCCC)cc2[N+](=O)[O-])c([N+](=O)[O-])c1. The molecule has 0 aliphatic heterocycles. The van der Waals surface area contributed by atoms with E-state index in [0.717, 1.165) is 49.7 Å². The first-order chi connectivity index (χ1) is 16.5. The molecule has 8 heteroatoms. The van der Waals surface area contributed by atoms with E-state index in [2.05, 4.69) is 13.8 Å². The van der Waals surface area contributed by atoms with Gasteiger partial charge in [0, 0.05) is 12.1 Å². The lowest BCUT2D eigenvalue weighted by molar-refractivity contribution is -0.388. The second-order valence-corrected chi connectivity index (χ2v) is 10.8. The molecule has 0 radical (unpaired) electrons. The van der Waals surface area contributed by atoms with Gasteiger partial charge in [0.05, 0.1) is 19.6 Å². The lowest BCUT2D eigenvalue weighted by atomic mass is 10.1. The highest BCUT2D eigenvalue weighted by Gasteiger charge is 2.20. The number of nitro benzene ring substituents is 2. The highest BCUT2D eigenvalue weighted by atomic mass is 33.1. The molecule has 0 fully saturated rings. The summed E-state index contributed by atoms with van der Waals surface area (Å²) in [6, 6.07) is 10.7. The Morgan fingerprint density at radius 1 is 0.618 bits per heavy atom. The second kappa shape index (κ2) is 15.8. The van der Waals surface area contributed by atoms with E-state index in [4.69, 9.17) is 0 Å². The molecule has 186 valence electrons. The van der Waals surface area contributed by atoms with Gasteiger partial charge in [-0.25, -0.2) is 0 Å². The molecule has 0 amide bonds. The molecule has 2 rings (SSSR count). The van der Waals surface area contributed by atoms with Gasteiger partial charge >= 0.3 is 0 Å². The molecule has 6 nitrogen and oxygen atoms in total. The summed E-state index contributed by atoms with van der Waals surface area (Å²) in [6.07, 6.45) is 13.2. The van der Waals surface area contributed by atoms with Crippen molar-refractivity contribution in [3.63, 3.8) is 0 Å². The van der Waals surface area contributed by atoms with E-state index in [1.807, 2.05) is 12.1 Å². The molecule has 34 heavy (non-hydrogen) atoms. The summed E-state index contributed by atoms with van der Waals surface area (Å²) in [4.78, 5) is 23.6. The number of aryl methyl sites for hydroxylation is 2. The summed E-state index contributed by atoms with van der Waals surface area (Å²) in [6.45, 7) is 4.35. The largest absolute Gasteiger partial charge is 0.284 e. The van der Waals surface area contributed by atoms with Crippen LogP contribution in [0.4, 0.5) is 11.4 Å². The fraction of sp³-hybridized carbons (Fsp3) is 0.538. The first-order valence-corrected chi connectivity index (χ1v) is 14.5. The van der Waals surface area contributed by atoms with Crippen LogP contribution in [-0.4, -0.2) is 9.85 Å². The Balaban J connectivity index is 2.03. The molecule has 0 atom stereocenters. The van der Waals surface area contributed by atoms with Gasteiger partial charge in [0.15, 0.2) is 0 Å². The van der Waals surface area contributed by atoms with Crippen LogP contribution in [-0.2, 0) is 12.8 Å². The zero-order valence-corrected chi connectivity index (χ0v) is 21.9. The van der Waals surface area contributed by atoms with Gasteiger partial charge in [0.2, 0.25) is 0 Å². The van der Waals surface area contributed by atoms with Gasteiger partial charge in [0.1, 0.15) is 0 Å². The predicted octanol–water partition coefficient (Wildman–Crippen LogP) is 9.33. The number of nitrogens with zero attached hydrogens (tertiary/aromatic N) is 2. The minimum Gasteiger partial charge on any atom is -0.258 e. The van der Waals surface area contributed by atoms with Crippen LogP contribution in [0.25, 0.3) is 0 Å². The summed E-state index contributed by atoms with van der Waals surface area (Å²) >= 11 is 0. The van der Waals surface area contributed by atoms with Crippen LogP contribution in [0.3, 0.4) is 0 Å². The summed E-state index contributed by atoms with van der Waals surface area (Å²) in [5.41, 5.74) is 2.06. The van der Waals surface area contributed by atoms with Gasteiger partial charge in [-0.2, -0.15) is 0 Å². The first kappa shape index (κ1) is 28.2. The van der Waals surface area contributed by atoms with Crippen LogP contribution in [0.15, 0.2) is 46.2 Å². The number of rotatable bonds is 17. The monoisotopic (exact) mass is 504 g/mol. The second-order valence-electron chi connectivity index (χ2n) is 8.61. The Hall–Kier alpha value is -2.06. The van der Waals surface area contributed by atoms with E-state index in [0.29, 0.717) is 9.79 Å². The lowest BCUT2D eigenvalue weighted by Gasteiger charge is -2.08. The molecule has 2 aromatic rings. The number of benzene rings is 2. The Kier molecular flexibility index (Phi) is 13.1. The van der Waals surface area contributed by atoms with Crippen molar-refractivity contribution in [2.75, 3.05) is 0 Å². The van der Waals surface area contributed by atoms with Crippen LogP contribution in [0.1, 0.15) is 89.2 Å². The third-order valence-electron chi connectivity index (χ3n) is 5.80. The quantitative estimate of drug-likeness (QED) is 0.0923. The van der Waals surface area contributed by atoms with Crippen LogP contribution in [0.5, 0.6) is 0 Å². The van der Waals surface area contributed by atoms with Crippen molar-refractivity contribution < 1.29 is 9.85 Å². The van der Waals surface area contributed by atoms with E-state index >= 15 is 0 Å². The molecule has 2 aromatic carbocycles. The number of hydrogen-bond donors (Lipinski definition) is 0. The van der Waals surface area contributed by atoms with E-state index in [1.165, 1.54) is 60.1 Å². The molecule has 0 saturated carbocycles. The maximum absolute atomic E-state index is 11.7. The highest BCUT2D eigenvalue weighted by Crippen LogP contribution is 2.45. The molecule has 0 bridgehead atoms. The fourth-order valence-electron chi connectivity index (χ4n) is 3.82. The van der Waals surface area contributed by atoms with Gasteiger partial charge in [0.25, 0.3) is 11.4 Å². The Morgan fingerprint density at radius 3 is 1.35 bits per heavy atom. The molecule has 0 saturated heterocycles. The van der Waals surface area contributed by atoms with Crippen LogP contribution in [0.2, 0.25) is 0 Å².